The first-order valence-electron chi connectivity index (χ1n) is 9.69. The summed E-state index contributed by atoms with van der Waals surface area (Å²) in [7, 11) is 2.07. The van der Waals surface area contributed by atoms with Gasteiger partial charge in [0, 0.05) is 57.4 Å². The summed E-state index contributed by atoms with van der Waals surface area (Å²) in [4.78, 5) is 7.13. The van der Waals surface area contributed by atoms with Gasteiger partial charge in [0.15, 0.2) is 0 Å². The fourth-order valence-corrected chi connectivity index (χ4v) is 3.85. The van der Waals surface area contributed by atoms with E-state index in [0.717, 1.165) is 37.7 Å². The molecular weight excluding hydrogens is 372 g/mol. The number of benzene rings is 1. The van der Waals surface area contributed by atoms with Gasteiger partial charge in [0.2, 0.25) is 0 Å². The molecule has 0 bridgehead atoms. The molecule has 1 aromatic carbocycles. The van der Waals surface area contributed by atoms with Gasteiger partial charge >= 0.3 is 0 Å². The Morgan fingerprint density at radius 3 is 2.68 bits per heavy atom. The fraction of sp³-hybridized carbons (Fsp3) is 0.429. The maximum atomic E-state index is 4.90. The van der Waals surface area contributed by atoms with E-state index in [2.05, 4.69) is 71.1 Å². The van der Waals surface area contributed by atoms with Gasteiger partial charge in [-0.15, -0.1) is 12.4 Å². The molecule has 6 nitrogen and oxygen atoms in total. The molecule has 0 radical (unpaired) electrons. The highest BCUT2D eigenvalue weighted by molar-refractivity contribution is 5.85. The van der Waals surface area contributed by atoms with E-state index in [1.807, 2.05) is 23.1 Å². The predicted molar refractivity (Wildman–Crippen MR) is 114 cm³/mol. The Bertz CT molecular complexity index is 885. The number of hydrogen-bond donors (Lipinski definition) is 1. The molecule has 1 saturated heterocycles. The summed E-state index contributed by atoms with van der Waals surface area (Å²) in [6.45, 7) is 8.26. The summed E-state index contributed by atoms with van der Waals surface area (Å²) in [5, 5.41) is 8.42. The highest BCUT2D eigenvalue weighted by Gasteiger charge is 2.28. The van der Waals surface area contributed by atoms with Gasteiger partial charge in [-0.25, -0.2) is 9.67 Å². The molecule has 7 heteroatoms. The summed E-state index contributed by atoms with van der Waals surface area (Å²) >= 11 is 0. The number of nitrogens with zero attached hydrogens (tertiary/aromatic N) is 5. The van der Waals surface area contributed by atoms with Crippen LogP contribution < -0.4 is 5.32 Å². The molecule has 1 unspecified atom stereocenters. The zero-order valence-corrected chi connectivity index (χ0v) is 17.6. The summed E-state index contributed by atoms with van der Waals surface area (Å²) < 4.78 is 4.14. The number of piperazine rings is 1. The topological polar surface area (TPSA) is 50.9 Å². The van der Waals surface area contributed by atoms with Gasteiger partial charge in [-0.3, -0.25) is 4.90 Å². The quantitative estimate of drug-likeness (QED) is 0.714. The molecule has 2 aromatic heterocycles. The van der Waals surface area contributed by atoms with Gasteiger partial charge in [-0.2, -0.15) is 5.10 Å². The molecule has 0 spiro atoms. The first kappa shape index (κ1) is 20.6. The molecular formula is C21H29ClN6. The zero-order valence-electron chi connectivity index (χ0n) is 16.7. The number of aryl methyl sites for hydroxylation is 1. The molecule has 0 aliphatic carbocycles. The van der Waals surface area contributed by atoms with Gasteiger partial charge < -0.3 is 9.88 Å². The predicted octanol–water partition coefficient (Wildman–Crippen LogP) is 3.30. The van der Waals surface area contributed by atoms with Crippen LogP contribution in [0, 0.1) is 0 Å². The van der Waals surface area contributed by atoms with Crippen LogP contribution in [0.2, 0.25) is 0 Å². The van der Waals surface area contributed by atoms with E-state index < -0.39 is 0 Å². The van der Waals surface area contributed by atoms with Crippen LogP contribution in [-0.4, -0.2) is 43.9 Å². The van der Waals surface area contributed by atoms with Gasteiger partial charge in [-0.05, 0) is 18.1 Å². The van der Waals surface area contributed by atoms with Crippen LogP contribution in [0.3, 0.4) is 0 Å². The van der Waals surface area contributed by atoms with Crippen molar-refractivity contribution in [2.75, 3.05) is 19.6 Å². The van der Waals surface area contributed by atoms with E-state index in [0.29, 0.717) is 5.92 Å². The van der Waals surface area contributed by atoms with E-state index in [1.54, 1.807) is 0 Å². The minimum absolute atomic E-state index is 0. The molecule has 0 amide bonds. The lowest BCUT2D eigenvalue weighted by atomic mass is 10.0. The van der Waals surface area contributed by atoms with E-state index in [9.17, 15) is 0 Å². The molecule has 1 atom stereocenters. The highest BCUT2D eigenvalue weighted by atomic mass is 35.5. The number of hydrogen-bond acceptors (Lipinski definition) is 4. The van der Waals surface area contributed by atoms with Crippen molar-refractivity contribution in [2.24, 2.45) is 7.05 Å². The molecule has 1 aliphatic heterocycles. The van der Waals surface area contributed by atoms with Crippen molar-refractivity contribution < 1.29 is 0 Å². The van der Waals surface area contributed by atoms with Crippen LogP contribution in [0.4, 0.5) is 0 Å². The highest BCUT2D eigenvalue weighted by Crippen LogP contribution is 2.26. The van der Waals surface area contributed by atoms with Crippen molar-refractivity contribution in [2.45, 2.75) is 32.4 Å². The lowest BCUT2D eigenvalue weighted by Gasteiger charge is -2.35. The Morgan fingerprint density at radius 2 is 2.00 bits per heavy atom. The molecule has 0 saturated carbocycles. The second kappa shape index (κ2) is 8.90. The first-order valence-corrected chi connectivity index (χ1v) is 9.69. The molecule has 3 heterocycles. The van der Waals surface area contributed by atoms with E-state index in [1.165, 1.54) is 11.3 Å². The van der Waals surface area contributed by atoms with Crippen molar-refractivity contribution in [1.29, 1.82) is 0 Å². The zero-order chi connectivity index (χ0) is 18.8. The third kappa shape index (κ3) is 4.14. The summed E-state index contributed by atoms with van der Waals surface area (Å²) in [5.74, 6) is 1.50. The van der Waals surface area contributed by atoms with Crippen molar-refractivity contribution in [1.82, 2.24) is 29.5 Å². The molecule has 3 aromatic rings. The van der Waals surface area contributed by atoms with Crippen LogP contribution in [0.15, 0.2) is 48.9 Å². The van der Waals surface area contributed by atoms with Gasteiger partial charge in [0.25, 0.3) is 0 Å². The van der Waals surface area contributed by atoms with Crippen LogP contribution in [0.5, 0.6) is 0 Å². The number of para-hydroxylation sites is 1. The van der Waals surface area contributed by atoms with E-state index in [-0.39, 0.29) is 18.4 Å². The molecule has 1 aliphatic rings. The molecule has 150 valence electrons. The third-order valence-corrected chi connectivity index (χ3v) is 5.27. The lowest BCUT2D eigenvalue weighted by Crippen LogP contribution is -2.46. The summed E-state index contributed by atoms with van der Waals surface area (Å²) in [6.07, 6.45) is 6.10. The Hall–Kier alpha value is -2.15. The van der Waals surface area contributed by atoms with Crippen molar-refractivity contribution in [3.63, 3.8) is 0 Å². The maximum Gasteiger partial charge on any atom is 0.127 e. The average molecular weight is 401 g/mol. The fourth-order valence-electron chi connectivity index (χ4n) is 3.85. The van der Waals surface area contributed by atoms with Crippen molar-refractivity contribution in [3.8, 4) is 5.69 Å². The van der Waals surface area contributed by atoms with E-state index in [4.69, 9.17) is 5.10 Å². The van der Waals surface area contributed by atoms with Gasteiger partial charge in [0.05, 0.1) is 17.4 Å². The second-order valence-corrected chi connectivity index (χ2v) is 7.56. The normalized spacial score (nSPS) is 17.6. The minimum Gasteiger partial charge on any atom is -0.337 e. The van der Waals surface area contributed by atoms with Crippen LogP contribution in [0.25, 0.3) is 5.69 Å². The Morgan fingerprint density at radius 1 is 1.21 bits per heavy atom. The number of aromatic nitrogens is 4. The lowest BCUT2D eigenvalue weighted by molar-refractivity contribution is 0.144. The second-order valence-electron chi connectivity index (χ2n) is 7.56. The summed E-state index contributed by atoms with van der Waals surface area (Å²) in [5.41, 5.74) is 3.58. The average Bonchev–Trinajstić information content (AvgIpc) is 3.29. The number of rotatable bonds is 5. The monoisotopic (exact) mass is 400 g/mol. The minimum atomic E-state index is 0. The Labute approximate surface area is 173 Å². The maximum absolute atomic E-state index is 4.90. The smallest absolute Gasteiger partial charge is 0.127 e. The molecule has 1 fully saturated rings. The first-order chi connectivity index (χ1) is 13.1. The number of halogens is 1. The van der Waals surface area contributed by atoms with Gasteiger partial charge in [-0.1, -0.05) is 32.0 Å². The number of imidazole rings is 1. The van der Waals surface area contributed by atoms with Crippen molar-refractivity contribution in [3.05, 3.63) is 66.0 Å². The standard InChI is InChI=1S/C21H28N6.ClH/c1-16(2)20-17(15-27(24-20)18-7-5-4-6-8-18)14-26-12-9-22-13-19(26)21-23-10-11-25(21)3;/h4-8,10-11,15-16,19,22H,9,12-14H2,1-3H3;1H. The van der Waals surface area contributed by atoms with Crippen LogP contribution in [0.1, 0.15) is 42.9 Å². The largest absolute Gasteiger partial charge is 0.337 e. The summed E-state index contributed by atoms with van der Waals surface area (Å²) in [6, 6.07) is 10.6. The Balaban J connectivity index is 0.00000225. The van der Waals surface area contributed by atoms with Crippen LogP contribution >= 0.6 is 12.4 Å². The van der Waals surface area contributed by atoms with Gasteiger partial charge in [0.1, 0.15) is 5.82 Å². The van der Waals surface area contributed by atoms with Crippen molar-refractivity contribution >= 4 is 12.4 Å². The SMILES string of the molecule is CC(C)c1nn(-c2ccccc2)cc1CN1CCNCC1c1nccn1C.Cl. The molecule has 28 heavy (non-hydrogen) atoms. The molecule has 1 N–H and O–H groups in total. The Kier molecular flexibility index (Phi) is 6.54. The number of nitrogens with one attached hydrogen (secondary N) is 1. The van der Waals surface area contributed by atoms with Crippen LogP contribution in [-0.2, 0) is 13.6 Å². The third-order valence-electron chi connectivity index (χ3n) is 5.27. The molecule has 4 rings (SSSR count). The van der Waals surface area contributed by atoms with E-state index >= 15 is 0 Å².